The van der Waals surface area contributed by atoms with E-state index >= 15 is 0 Å². The Morgan fingerprint density at radius 2 is 2.15 bits per heavy atom. The third-order valence-electron chi connectivity index (χ3n) is 2.56. The number of aliphatic hydroxyl groups is 1. The highest BCUT2D eigenvalue weighted by Crippen LogP contribution is 1.94. The molecule has 2 aromatic heterocycles. The molecule has 0 saturated carbocycles. The largest absolute Gasteiger partial charge is 0.479 e. The van der Waals surface area contributed by atoms with E-state index in [4.69, 9.17) is 10.2 Å². The van der Waals surface area contributed by atoms with Crippen LogP contribution in [-0.4, -0.2) is 48.9 Å². The van der Waals surface area contributed by atoms with Crippen LogP contribution in [0.3, 0.4) is 0 Å². The molecule has 0 unspecified atom stereocenters. The smallest absolute Gasteiger partial charge is 0.350 e. The van der Waals surface area contributed by atoms with E-state index in [9.17, 15) is 14.4 Å². The van der Waals surface area contributed by atoms with Crippen molar-refractivity contribution in [2.75, 3.05) is 6.54 Å². The zero-order valence-electron chi connectivity index (χ0n) is 10.3. The van der Waals surface area contributed by atoms with Gasteiger partial charge in [0, 0.05) is 6.20 Å². The Morgan fingerprint density at radius 3 is 2.80 bits per heavy atom. The van der Waals surface area contributed by atoms with E-state index in [0.29, 0.717) is 5.65 Å². The van der Waals surface area contributed by atoms with E-state index in [2.05, 4.69) is 10.4 Å². The Bertz CT molecular complexity index is 704. The zero-order chi connectivity index (χ0) is 14.7. The van der Waals surface area contributed by atoms with Crippen molar-refractivity contribution in [1.82, 2.24) is 19.5 Å². The molecule has 0 aromatic carbocycles. The van der Waals surface area contributed by atoms with Gasteiger partial charge in [-0.15, -0.1) is 5.10 Å². The number of amides is 1. The standard InChI is InChI=1S/C11H12N4O5/c16-7(10(18)19)5-12-9(17)6-15-11(20)14-4-2-1-3-8(14)13-15/h1-4,7,16H,5-6H2,(H,12,17)(H,18,19)/t7-/m0/s1. The topological polar surface area (TPSA) is 126 Å². The molecule has 0 aliphatic carbocycles. The Kier molecular flexibility index (Phi) is 3.80. The lowest BCUT2D eigenvalue weighted by molar-refractivity contribution is -0.146. The highest BCUT2D eigenvalue weighted by atomic mass is 16.4. The molecule has 106 valence electrons. The number of hydrogen-bond acceptors (Lipinski definition) is 5. The number of nitrogens with one attached hydrogen (secondary N) is 1. The fraction of sp³-hybridized carbons (Fsp3) is 0.273. The average molecular weight is 280 g/mol. The lowest BCUT2D eigenvalue weighted by Crippen LogP contribution is -2.39. The zero-order valence-corrected chi connectivity index (χ0v) is 10.3. The van der Waals surface area contributed by atoms with Crippen LogP contribution in [0, 0.1) is 0 Å². The van der Waals surface area contributed by atoms with Crippen LogP contribution in [0.1, 0.15) is 0 Å². The minimum Gasteiger partial charge on any atom is -0.479 e. The van der Waals surface area contributed by atoms with Crippen molar-refractivity contribution in [2.24, 2.45) is 0 Å². The van der Waals surface area contributed by atoms with Crippen LogP contribution in [0.15, 0.2) is 29.2 Å². The molecule has 2 rings (SSSR count). The quantitative estimate of drug-likeness (QED) is 0.585. The third-order valence-corrected chi connectivity index (χ3v) is 2.56. The fourth-order valence-electron chi connectivity index (χ4n) is 1.56. The molecular formula is C11H12N4O5. The second kappa shape index (κ2) is 5.53. The number of aliphatic carboxylic acids is 1. The predicted molar refractivity (Wildman–Crippen MR) is 66.1 cm³/mol. The van der Waals surface area contributed by atoms with Crippen LogP contribution < -0.4 is 11.0 Å². The molecule has 20 heavy (non-hydrogen) atoms. The molecule has 0 bridgehead atoms. The van der Waals surface area contributed by atoms with Crippen molar-refractivity contribution in [3.63, 3.8) is 0 Å². The molecule has 0 spiro atoms. The summed E-state index contributed by atoms with van der Waals surface area (Å²) in [6.07, 6.45) is -0.162. The number of carbonyl (C=O) groups excluding carboxylic acids is 1. The van der Waals surface area contributed by atoms with Crippen LogP contribution in [0.4, 0.5) is 0 Å². The monoisotopic (exact) mass is 280 g/mol. The summed E-state index contributed by atoms with van der Waals surface area (Å²) in [4.78, 5) is 33.8. The number of aliphatic hydroxyl groups excluding tert-OH is 1. The van der Waals surface area contributed by atoms with Crippen molar-refractivity contribution in [1.29, 1.82) is 0 Å². The maximum atomic E-state index is 11.9. The number of hydrogen-bond donors (Lipinski definition) is 3. The first-order valence-electron chi connectivity index (χ1n) is 5.71. The lowest BCUT2D eigenvalue weighted by atomic mass is 10.3. The summed E-state index contributed by atoms with van der Waals surface area (Å²) >= 11 is 0. The number of nitrogens with zero attached hydrogens (tertiary/aromatic N) is 3. The van der Waals surface area contributed by atoms with E-state index in [1.54, 1.807) is 18.2 Å². The summed E-state index contributed by atoms with van der Waals surface area (Å²) in [5, 5.41) is 23.6. The Morgan fingerprint density at radius 1 is 1.40 bits per heavy atom. The summed E-state index contributed by atoms with van der Waals surface area (Å²) in [7, 11) is 0. The van der Waals surface area contributed by atoms with Gasteiger partial charge in [0.05, 0.1) is 6.54 Å². The molecular weight excluding hydrogens is 268 g/mol. The molecule has 1 atom stereocenters. The summed E-state index contributed by atoms with van der Waals surface area (Å²) in [6, 6.07) is 4.98. The second-order valence-electron chi connectivity index (χ2n) is 4.03. The predicted octanol–water partition coefficient (Wildman–Crippen LogP) is -1.94. The molecule has 3 N–H and O–H groups in total. The van der Waals surface area contributed by atoms with E-state index in [-0.39, 0.29) is 6.54 Å². The molecule has 2 aromatic rings. The van der Waals surface area contributed by atoms with Crippen molar-refractivity contribution in [3.05, 3.63) is 34.9 Å². The van der Waals surface area contributed by atoms with Crippen LogP contribution in [0.2, 0.25) is 0 Å². The van der Waals surface area contributed by atoms with E-state index in [1.165, 1.54) is 10.6 Å². The van der Waals surface area contributed by atoms with Gasteiger partial charge in [-0.3, -0.25) is 9.20 Å². The first kappa shape index (κ1) is 13.7. The summed E-state index contributed by atoms with van der Waals surface area (Å²) in [5.74, 6) is -2.05. The number of pyridine rings is 1. The number of fused-ring (bicyclic) bond motifs is 1. The maximum Gasteiger partial charge on any atom is 0.350 e. The molecule has 0 aliphatic heterocycles. The van der Waals surface area contributed by atoms with Crippen molar-refractivity contribution in [3.8, 4) is 0 Å². The molecule has 0 aliphatic rings. The van der Waals surface area contributed by atoms with Gasteiger partial charge < -0.3 is 15.5 Å². The molecule has 9 nitrogen and oxygen atoms in total. The maximum absolute atomic E-state index is 11.9. The first-order chi connectivity index (χ1) is 9.49. The van der Waals surface area contributed by atoms with Gasteiger partial charge >= 0.3 is 11.7 Å². The third kappa shape index (κ3) is 2.83. The fourth-order valence-corrected chi connectivity index (χ4v) is 1.56. The Hall–Kier alpha value is -2.68. The van der Waals surface area contributed by atoms with Gasteiger partial charge in [0.1, 0.15) is 6.54 Å². The van der Waals surface area contributed by atoms with Crippen molar-refractivity contribution >= 4 is 17.5 Å². The Labute approximate surface area is 112 Å². The van der Waals surface area contributed by atoms with E-state index in [0.717, 1.165) is 4.68 Å². The van der Waals surface area contributed by atoms with Gasteiger partial charge in [0.2, 0.25) is 5.91 Å². The molecule has 1 amide bonds. The number of rotatable bonds is 5. The van der Waals surface area contributed by atoms with E-state index < -0.39 is 30.2 Å². The van der Waals surface area contributed by atoms with Gasteiger partial charge in [-0.05, 0) is 12.1 Å². The average Bonchev–Trinajstić information content (AvgIpc) is 2.73. The first-order valence-corrected chi connectivity index (χ1v) is 5.71. The van der Waals surface area contributed by atoms with Crippen LogP contribution in [-0.2, 0) is 16.1 Å². The van der Waals surface area contributed by atoms with Gasteiger partial charge in [-0.2, -0.15) is 0 Å². The molecule has 0 radical (unpaired) electrons. The number of carbonyl (C=O) groups is 2. The van der Waals surface area contributed by atoms with Gasteiger partial charge in [0.15, 0.2) is 11.8 Å². The highest BCUT2D eigenvalue weighted by molar-refractivity contribution is 5.77. The van der Waals surface area contributed by atoms with E-state index in [1.807, 2.05) is 0 Å². The lowest BCUT2D eigenvalue weighted by Gasteiger charge is -2.07. The van der Waals surface area contributed by atoms with Gasteiger partial charge in [0.25, 0.3) is 0 Å². The molecule has 0 fully saturated rings. The minimum absolute atomic E-state index is 0.354. The van der Waals surface area contributed by atoms with Crippen LogP contribution >= 0.6 is 0 Å². The number of carboxylic acid groups (broad SMARTS) is 1. The highest BCUT2D eigenvalue weighted by Gasteiger charge is 2.15. The normalized spacial score (nSPS) is 12.2. The molecule has 9 heteroatoms. The summed E-state index contributed by atoms with van der Waals surface area (Å²) in [6.45, 7) is -0.789. The number of carboxylic acids is 1. The van der Waals surface area contributed by atoms with Crippen LogP contribution in [0.25, 0.3) is 5.65 Å². The second-order valence-corrected chi connectivity index (χ2v) is 4.03. The van der Waals surface area contributed by atoms with Crippen LogP contribution in [0.5, 0.6) is 0 Å². The SMILES string of the molecule is O=C(Cn1nc2ccccn2c1=O)NC[C@H](O)C(=O)O. The van der Waals surface area contributed by atoms with Crippen molar-refractivity contribution in [2.45, 2.75) is 12.6 Å². The van der Waals surface area contributed by atoms with Gasteiger partial charge in [-0.25, -0.2) is 14.3 Å². The Balaban J connectivity index is 2.05. The van der Waals surface area contributed by atoms with Gasteiger partial charge in [-0.1, -0.05) is 6.07 Å². The minimum atomic E-state index is -1.68. The number of aromatic nitrogens is 3. The molecule has 0 saturated heterocycles. The summed E-state index contributed by atoms with van der Waals surface area (Å²) in [5.41, 5.74) is -0.0783. The summed E-state index contributed by atoms with van der Waals surface area (Å²) < 4.78 is 2.23. The van der Waals surface area contributed by atoms with Crippen molar-refractivity contribution < 1.29 is 19.8 Å². The molecule has 2 heterocycles.